The number of piperidine rings is 1. The van der Waals surface area contributed by atoms with Gasteiger partial charge in [0.05, 0.1) is 19.8 Å². The Bertz CT molecular complexity index is 999. The van der Waals surface area contributed by atoms with Crippen LogP contribution in [-0.4, -0.2) is 55.6 Å². The summed E-state index contributed by atoms with van der Waals surface area (Å²) in [5.74, 6) is 4.16. The lowest BCUT2D eigenvalue weighted by molar-refractivity contribution is -0.105. The maximum atomic E-state index is 10.5. The van der Waals surface area contributed by atoms with E-state index in [0.29, 0.717) is 17.9 Å². The zero-order chi connectivity index (χ0) is 20.4. The maximum Gasteiger partial charge on any atom is 0.212 e. The molecule has 1 aliphatic heterocycles. The number of methoxy groups -OCH3 is 2. The summed E-state index contributed by atoms with van der Waals surface area (Å²) in [4.78, 5) is 20.4. The van der Waals surface area contributed by atoms with Crippen molar-refractivity contribution in [1.29, 1.82) is 0 Å². The van der Waals surface area contributed by atoms with E-state index in [4.69, 9.17) is 9.47 Å². The lowest BCUT2D eigenvalue weighted by Crippen LogP contribution is -2.15. The SMILES string of the molecule is CN1CC2C[C@@H]2C1.COc1cccc(OC)c1-c1c[nH]c2nc(NC=O)ccc12.[HH].[HH].[HH]. The van der Waals surface area contributed by atoms with Crippen molar-refractivity contribution in [3.05, 3.63) is 36.5 Å². The molecule has 158 valence electrons. The highest BCUT2D eigenvalue weighted by atomic mass is 16.5. The molecule has 7 heteroatoms. The molecular formula is C22H32N4O3. The molecule has 0 spiro atoms. The Morgan fingerprint density at radius 1 is 1.17 bits per heavy atom. The van der Waals surface area contributed by atoms with E-state index in [1.165, 1.54) is 19.5 Å². The zero-order valence-electron chi connectivity index (χ0n) is 16.9. The van der Waals surface area contributed by atoms with Gasteiger partial charge in [0.15, 0.2) is 0 Å². The smallest absolute Gasteiger partial charge is 0.212 e. The van der Waals surface area contributed by atoms with E-state index in [1.807, 2.05) is 30.5 Å². The van der Waals surface area contributed by atoms with Crippen LogP contribution in [0, 0.1) is 11.8 Å². The third-order valence-corrected chi connectivity index (χ3v) is 5.60. The van der Waals surface area contributed by atoms with Gasteiger partial charge in [-0.1, -0.05) is 6.07 Å². The first-order chi connectivity index (χ1) is 14.1. The minimum atomic E-state index is 0. The predicted octanol–water partition coefficient (Wildman–Crippen LogP) is 4.12. The van der Waals surface area contributed by atoms with E-state index in [1.54, 1.807) is 20.3 Å². The fourth-order valence-corrected chi connectivity index (χ4v) is 4.10. The number of carbonyl (C=O) groups is 1. The Balaban J connectivity index is 0.000000435. The van der Waals surface area contributed by atoms with E-state index in [9.17, 15) is 4.79 Å². The number of hydrogen-bond donors (Lipinski definition) is 2. The summed E-state index contributed by atoms with van der Waals surface area (Å²) < 4.78 is 10.9. The van der Waals surface area contributed by atoms with Crippen LogP contribution in [0.2, 0.25) is 0 Å². The van der Waals surface area contributed by atoms with Crippen LogP contribution in [0.4, 0.5) is 5.82 Å². The molecule has 2 atom stereocenters. The molecule has 2 N–H and O–H groups in total. The van der Waals surface area contributed by atoms with Crippen molar-refractivity contribution in [3.63, 3.8) is 0 Å². The number of aromatic nitrogens is 2. The highest BCUT2D eigenvalue weighted by Crippen LogP contribution is 2.44. The quantitative estimate of drug-likeness (QED) is 0.630. The van der Waals surface area contributed by atoms with Gasteiger partial charge >= 0.3 is 0 Å². The number of fused-ring (bicyclic) bond motifs is 2. The predicted molar refractivity (Wildman–Crippen MR) is 120 cm³/mol. The minimum Gasteiger partial charge on any atom is -0.496 e. The second-order valence-electron chi connectivity index (χ2n) is 7.57. The molecule has 2 aliphatic rings. The van der Waals surface area contributed by atoms with Crippen LogP contribution >= 0.6 is 0 Å². The summed E-state index contributed by atoms with van der Waals surface area (Å²) in [6, 6.07) is 9.28. The standard InChI is InChI=1S/C16H15N3O3.C6H11N.3H2/c1-21-12-4-3-5-13(22-2)15(12)11-8-17-16-10(11)6-7-14(19-16)18-9-20;1-7-3-5-2-6(5)4-7;;;/h3-9H,1-2H3,(H2,17,18,19,20);5-6H,2-4H2,1H3;3*1H/t;5-,6?;;;/m.1.../s1. The van der Waals surface area contributed by atoms with E-state index in [2.05, 4.69) is 27.2 Å². The molecule has 0 bridgehead atoms. The topological polar surface area (TPSA) is 79.5 Å². The molecule has 1 aromatic carbocycles. The molecule has 29 heavy (non-hydrogen) atoms. The van der Waals surface area contributed by atoms with Crippen molar-refractivity contribution in [2.75, 3.05) is 39.7 Å². The van der Waals surface area contributed by atoms with E-state index >= 15 is 0 Å². The number of amides is 1. The molecule has 1 saturated carbocycles. The molecule has 5 rings (SSSR count). The van der Waals surface area contributed by atoms with Gasteiger partial charge in [-0.2, -0.15) is 0 Å². The average molecular weight is 401 g/mol. The van der Waals surface area contributed by atoms with Crippen LogP contribution in [-0.2, 0) is 4.79 Å². The van der Waals surface area contributed by atoms with Gasteiger partial charge in [-0.25, -0.2) is 4.98 Å². The summed E-state index contributed by atoms with van der Waals surface area (Å²) in [7, 11) is 5.46. The molecule has 1 saturated heterocycles. The Labute approximate surface area is 174 Å². The first-order valence-corrected chi connectivity index (χ1v) is 9.72. The van der Waals surface area contributed by atoms with Crippen LogP contribution in [0.25, 0.3) is 22.2 Å². The summed E-state index contributed by atoms with van der Waals surface area (Å²) in [5.41, 5.74) is 2.46. The molecular weight excluding hydrogens is 368 g/mol. The van der Waals surface area contributed by atoms with Crippen molar-refractivity contribution >= 4 is 23.3 Å². The fourth-order valence-electron chi connectivity index (χ4n) is 4.10. The van der Waals surface area contributed by atoms with Crippen molar-refractivity contribution in [1.82, 2.24) is 14.9 Å². The minimum absolute atomic E-state index is 0. The Kier molecular flexibility index (Phi) is 5.40. The summed E-state index contributed by atoms with van der Waals surface area (Å²) in [6.45, 7) is 2.76. The number of likely N-dealkylation sites (tertiary alicyclic amines) is 1. The van der Waals surface area contributed by atoms with Crippen LogP contribution in [0.5, 0.6) is 11.5 Å². The Hall–Kier alpha value is -3.06. The molecule has 2 fully saturated rings. The number of nitrogens with one attached hydrogen (secondary N) is 2. The number of aromatic amines is 1. The van der Waals surface area contributed by atoms with Crippen molar-refractivity contribution in [3.8, 4) is 22.6 Å². The average Bonchev–Trinajstić information content (AvgIpc) is 3.15. The number of nitrogens with zero attached hydrogens (tertiary/aromatic N) is 2. The van der Waals surface area contributed by atoms with Crippen LogP contribution in [0.3, 0.4) is 0 Å². The van der Waals surface area contributed by atoms with Crippen LogP contribution < -0.4 is 14.8 Å². The van der Waals surface area contributed by atoms with Crippen molar-refractivity contribution in [2.45, 2.75) is 6.42 Å². The van der Waals surface area contributed by atoms with E-state index in [0.717, 1.165) is 39.8 Å². The second kappa shape index (κ2) is 8.13. The van der Waals surface area contributed by atoms with Crippen LogP contribution in [0.1, 0.15) is 10.7 Å². The van der Waals surface area contributed by atoms with Gasteiger partial charge in [-0.05, 0) is 49.6 Å². The molecule has 0 radical (unpaired) electrons. The van der Waals surface area contributed by atoms with Gasteiger partial charge in [-0.15, -0.1) is 0 Å². The number of carbonyl (C=O) groups excluding carboxylic acids is 1. The van der Waals surface area contributed by atoms with Crippen LogP contribution in [0.15, 0.2) is 36.5 Å². The number of H-pyrrole nitrogens is 1. The molecule has 1 aliphatic carbocycles. The van der Waals surface area contributed by atoms with E-state index in [-0.39, 0.29) is 4.28 Å². The molecule has 1 unspecified atom stereocenters. The van der Waals surface area contributed by atoms with Gasteiger partial charge in [0.1, 0.15) is 23.0 Å². The first kappa shape index (κ1) is 19.3. The monoisotopic (exact) mass is 400 g/mol. The number of ether oxygens (including phenoxy) is 2. The number of anilines is 1. The largest absolute Gasteiger partial charge is 0.496 e. The third-order valence-electron chi connectivity index (χ3n) is 5.60. The van der Waals surface area contributed by atoms with Gasteiger partial charge in [-0.3, -0.25) is 4.79 Å². The lowest BCUT2D eigenvalue weighted by atomic mass is 10.0. The fraction of sp³-hybridized carbons (Fsp3) is 0.364. The number of pyridine rings is 1. The first-order valence-electron chi connectivity index (χ1n) is 9.72. The molecule has 1 amide bonds. The van der Waals surface area contributed by atoms with Gasteiger partial charge in [0.25, 0.3) is 0 Å². The summed E-state index contributed by atoms with van der Waals surface area (Å²) in [5, 5.41) is 3.45. The van der Waals surface area contributed by atoms with Gasteiger partial charge in [0, 0.05) is 34.5 Å². The summed E-state index contributed by atoms with van der Waals surface area (Å²) >= 11 is 0. The molecule has 3 heterocycles. The lowest BCUT2D eigenvalue weighted by Gasteiger charge is -2.12. The summed E-state index contributed by atoms with van der Waals surface area (Å²) in [6.07, 6.45) is 3.98. The molecule has 3 aromatic rings. The van der Waals surface area contributed by atoms with Gasteiger partial charge < -0.3 is 24.7 Å². The Morgan fingerprint density at radius 3 is 2.41 bits per heavy atom. The van der Waals surface area contributed by atoms with Crippen molar-refractivity contribution in [2.24, 2.45) is 11.8 Å². The maximum absolute atomic E-state index is 10.5. The highest BCUT2D eigenvalue weighted by molar-refractivity contribution is 5.98. The molecule has 2 aromatic heterocycles. The Morgan fingerprint density at radius 2 is 1.86 bits per heavy atom. The number of rotatable bonds is 5. The van der Waals surface area contributed by atoms with Crippen molar-refractivity contribution < 1.29 is 18.5 Å². The van der Waals surface area contributed by atoms with E-state index < -0.39 is 0 Å². The zero-order valence-corrected chi connectivity index (χ0v) is 16.9. The second-order valence-corrected chi connectivity index (χ2v) is 7.57. The normalized spacial score (nSPS) is 19.8. The third kappa shape index (κ3) is 3.91. The number of hydrogen-bond acceptors (Lipinski definition) is 5. The molecule has 7 nitrogen and oxygen atoms in total. The highest BCUT2D eigenvalue weighted by Gasteiger charge is 2.43. The van der Waals surface area contributed by atoms with Gasteiger partial charge in [0.2, 0.25) is 6.41 Å². The number of benzene rings is 1.